The Labute approximate surface area is 149 Å². The molecule has 1 N–H and O–H groups in total. The smallest absolute Gasteiger partial charge is 0.335 e. The summed E-state index contributed by atoms with van der Waals surface area (Å²) in [5.41, 5.74) is 3.05. The summed E-state index contributed by atoms with van der Waals surface area (Å²) in [7, 11) is 1.87. The minimum absolute atomic E-state index is 0.191. The molecular formula is C20H17N3O3. The summed E-state index contributed by atoms with van der Waals surface area (Å²) in [6, 6.07) is 14.4. The first kappa shape index (κ1) is 16.0. The van der Waals surface area contributed by atoms with Crippen LogP contribution in [0, 0.1) is 6.92 Å². The molecule has 0 unspecified atom stereocenters. The largest absolute Gasteiger partial charge is 0.478 e. The lowest BCUT2D eigenvalue weighted by molar-refractivity contribution is 0.0696. The number of aryl methyl sites for hydroxylation is 1. The van der Waals surface area contributed by atoms with Crippen LogP contribution in [0.5, 0.6) is 11.5 Å². The number of benzene rings is 2. The number of rotatable bonds is 4. The highest BCUT2D eigenvalue weighted by Crippen LogP contribution is 2.37. The van der Waals surface area contributed by atoms with Crippen molar-refractivity contribution in [2.45, 2.75) is 6.92 Å². The Hall–Kier alpha value is -3.54. The standard InChI is InChI=1S/C20H17N3O3/c1-13-19(26-16-7-5-6-14(10-16)20(24)25)17-8-3-4-9-18(17)23(13)15-11-21-22(2)12-15/h3-12H,1-2H3,(H,24,25). The molecule has 0 radical (unpaired) electrons. The van der Waals surface area contributed by atoms with Gasteiger partial charge in [-0.3, -0.25) is 4.68 Å². The molecular weight excluding hydrogens is 330 g/mol. The van der Waals surface area contributed by atoms with E-state index in [-0.39, 0.29) is 5.56 Å². The van der Waals surface area contributed by atoms with E-state index in [2.05, 4.69) is 9.67 Å². The summed E-state index contributed by atoms with van der Waals surface area (Å²) in [4.78, 5) is 11.2. The highest BCUT2D eigenvalue weighted by Gasteiger charge is 2.18. The fourth-order valence-electron chi connectivity index (χ4n) is 3.13. The normalized spacial score (nSPS) is 11.0. The van der Waals surface area contributed by atoms with E-state index in [1.165, 1.54) is 6.07 Å². The second kappa shape index (κ2) is 6.07. The number of hydrogen-bond donors (Lipinski definition) is 1. The number of aromatic carboxylic acids is 1. The maximum absolute atomic E-state index is 11.2. The van der Waals surface area contributed by atoms with Crippen molar-refractivity contribution in [3.8, 4) is 17.2 Å². The number of ether oxygens (including phenoxy) is 1. The second-order valence-electron chi connectivity index (χ2n) is 6.07. The number of carboxylic acid groups (broad SMARTS) is 1. The van der Waals surface area contributed by atoms with Crippen molar-refractivity contribution in [2.24, 2.45) is 7.05 Å². The van der Waals surface area contributed by atoms with Crippen LogP contribution in [-0.2, 0) is 7.05 Å². The average Bonchev–Trinajstić information content (AvgIpc) is 3.17. The van der Waals surface area contributed by atoms with Gasteiger partial charge in [0.2, 0.25) is 0 Å². The minimum atomic E-state index is -0.982. The Bertz CT molecular complexity index is 1120. The number of carbonyl (C=O) groups is 1. The third-order valence-corrected chi connectivity index (χ3v) is 4.30. The number of para-hydroxylation sites is 1. The van der Waals surface area contributed by atoms with Crippen molar-refractivity contribution >= 4 is 16.9 Å². The van der Waals surface area contributed by atoms with Crippen molar-refractivity contribution in [2.75, 3.05) is 0 Å². The van der Waals surface area contributed by atoms with Crippen LogP contribution in [0.15, 0.2) is 60.9 Å². The van der Waals surface area contributed by atoms with Gasteiger partial charge in [-0.25, -0.2) is 4.79 Å². The van der Waals surface area contributed by atoms with Crippen LogP contribution in [-0.4, -0.2) is 25.4 Å². The van der Waals surface area contributed by atoms with E-state index < -0.39 is 5.97 Å². The van der Waals surface area contributed by atoms with Gasteiger partial charge in [0.25, 0.3) is 0 Å². The molecule has 0 spiro atoms. The van der Waals surface area contributed by atoms with Crippen molar-refractivity contribution < 1.29 is 14.6 Å². The van der Waals surface area contributed by atoms with Crippen molar-refractivity contribution in [1.82, 2.24) is 14.3 Å². The zero-order valence-electron chi connectivity index (χ0n) is 14.4. The summed E-state index contributed by atoms with van der Waals surface area (Å²) in [6.45, 7) is 1.98. The van der Waals surface area contributed by atoms with E-state index in [0.29, 0.717) is 11.5 Å². The van der Waals surface area contributed by atoms with Crippen LogP contribution < -0.4 is 4.74 Å². The lowest BCUT2D eigenvalue weighted by atomic mass is 10.2. The predicted octanol–water partition coefficient (Wildman–Crippen LogP) is 4.16. The van der Waals surface area contributed by atoms with Crippen molar-refractivity contribution in [3.63, 3.8) is 0 Å². The zero-order valence-corrected chi connectivity index (χ0v) is 14.4. The van der Waals surface area contributed by atoms with E-state index in [9.17, 15) is 9.90 Å². The summed E-state index contributed by atoms with van der Waals surface area (Å²) in [5, 5.41) is 14.4. The number of aromatic nitrogens is 3. The van der Waals surface area contributed by atoms with E-state index >= 15 is 0 Å². The highest BCUT2D eigenvalue weighted by atomic mass is 16.5. The molecule has 2 aromatic carbocycles. The molecule has 130 valence electrons. The van der Waals surface area contributed by atoms with Crippen LogP contribution in [0.4, 0.5) is 0 Å². The molecule has 4 rings (SSSR count). The van der Waals surface area contributed by atoms with Crippen molar-refractivity contribution in [3.05, 3.63) is 72.2 Å². The van der Waals surface area contributed by atoms with Gasteiger partial charge in [0.05, 0.1) is 28.7 Å². The van der Waals surface area contributed by atoms with Crippen LogP contribution >= 0.6 is 0 Å². The Morgan fingerprint density at radius 3 is 2.69 bits per heavy atom. The molecule has 0 saturated heterocycles. The van der Waals surface area contributed by atoms with Gasteiger partial charge < -0.3 is 14.4 Å². The fourth-order valence-corrected chi connectivity index (χ4v) is 3.13. The molecule has 0 bridgehead atoms. The Morgan fingerprint density at radius 1 is 1.15 bits per heavy atom. The molecule has 2 heterocycles. The van der Waals surface area contributed by atoms with E-state index in [4.69, 9.17) is 4.74 Å². The predicted molar refractivity (Wildman–Crippen MR) is 98.3 cm³/mol. The van der Waals surface area contributed by atoms with Gasteiger partial charge in [-0.15, -0.1) is 0 Å². The molecule has 0 saturated carbocycles. The zero-order chi connectivity index (χ0) is 18.3. The Morgan fingerprint density at radius 2 is 1.96 bits per heavy atom. The van der Waals surface area contributed by atoms with Gasteiger partial charge in [0, 0.05) is 18.6 Å². The molecule has 0 aliphatic carbocycles. The SMILES string of the molecule is Cc1c(Oc2cccc(C(=O)O)c2)c2ccccc2n1-c1cnn(C)c1. The lowest BCUT2D eigenvalue weighted by Gasteiger charge is -2.08. The summed E-state index contributed by atoms with van der Waals surface area (Å²) < 4.78 is 9.94. The van der Waals surface area contributed by atoms with Gasteiger partial charge in [-0.05, 0) is 37.3 Å². The molecule has 0 amide bonds. The van der Waals surface area contributed by atoms with Gasteiger partial charge in [-0.1, -0.05) is 18.2 Å². The molecule has 0 aliphatic heterocycles. The number of fused-ring (bicyclic) bond motifs is 1. The molecule has 26 heavy (non-hydrogen) atoms. The maximum Gasteiger partial charge on any atom is 0.335 e. The van der Waals surface area contributed by atoms with Gasteiger partial charge in [-0.2, -0.15) is 5.10 Å². The first-order valence-corrected chi connectivity index (χ1v) is 8.15. The summed E-state index contributed by atoms with van der Waals surface area (Å²) in [5.74, 6) is 0.207. The lowest BCUT2D eigenvalue weighted by Crippen LogP contribution is -1.97. The minimum Gasteiger partial charge on any atom is -0.478 e. The van der Waals surface area contributed by atoms with E-state index in [1.807, 2.05) is 44.4 Å². The van der Waals surface area contributed by atoms with Crippen LogP contribution in [0.2, 0.25) is 0 Å². The maximum atomic E-state index is 11.2. The highest BCUT2D eigenvalue weighted by molar-refractivity contribution is 5.91. The quantitative estimate of drug-likeness (QED) is 0.602. The first-order valence-electron chi connectivity index (χ1n) is 8.15. The third kappa shape index (κ3) is 2.61. The number of hydrogen-bond acceptors (Lipinski definition) is 3. The average molecular weight is 347 g/mol. The summed E-state index contributed by atoms with van der Waals surface area (Å²) in [6.07, 6.45) is 3.74. The fraction of sp³-hybridized carbons (Fsp3) is 0.100. The second-order valence-corrected chi connectivity index (χ2v) is 6.07. The first-order chi connectivity index (χ1) is 12.5. The molecule has 0 aliphatic rings. The molecule has 6 nitrogen and oxygen atoms in total. The van der Waals surface area contributed by atoms with Crippen molar-refractivity contribution in [1.29, 1.82) is 0 Å². The molecule has 0 fully saturated rings. The van der Waals surface area contributed by atoms with E-state index in [0.717, 1.165) is 22.3 Å². The number of carboxylic acids is 1. The van der Waals surface area contributed by atoms with Gasteiger partial charge in [0.15, 0.2) is 5.75 Å². The van der Waals surface area contributed by atoms with Gasteiger partial charge in [0.1, 0.15) is 5.75 Å². The third-order valence-electron chi connectivity index (χ3n) is 4.30. The Balaban J connectivity index is 1.87. The van der Waals surface area contributed by atoms with Crippen LogP contribution in [0.25, 0.3) is 16.6 Å². The molecule has 4 aromatic rings. The summed E-state index contributed by atoms with van der Waals surface area (Å²) >= 11 is 0. The van der Waals surface area contributed by atoms with E-state index in [1.54, 1.807) is 29.1 Å². The monoisotopic (exact) mass is 347 g/mol. The molecule has 6 heteroatoms. The molecule has 0 atom stereocenters. The number of nitrogens with zero attached hydrogens (tertiary/aromatic N) is 3. The topological polar surface area (TPSA) is 69.3 Å². The van der Waals surface area contributed by atoms with Crippen LogP contribution in [0.1, 0.15) is 16.1 Å². The van der Waals surface area contributed by atoms with Crippen LogP contribution in [0.3, 0.4) is 0 Å². The molecule has 2 aromatic heterocycles. The van der Waals surface area contributed by atoms with Gasteiger partial charge >= 0.3 is 5.97 Å². The Kier molecular flexibility index (Phi) is 3.73.